The van der Waals surface area contributed by atoms with Gasteiger partial charge in [-0.25, -0.2) is 4.79 Å². The molecule has 0 saturated heterocycles. The van der Waals surface area contributed by atoms with Crippen LogP contribution in [0.3, 0.4) is 0 Å². The molecule has 0 aromatic rings. The van der Waals surface area contributed by atoms with Crippen LogP contribution in [0.1, 0.15) is 13.8 Å². The maximum absolute atomic E-state index is 9.54. The van der Waals surface area contributed by atoms with Gasteiger partial charge in [-0.3, -0.25) is 10.1 Å². The molecule has 5 nitrogen and oxygen atoms in total. The third kappa shape index (κ3) is 17.6. The van der Waals surface area contributed by atoms with Crippen molar-refractivity contribution in [3.05, 3.63) is 0 Å². The molecule has 0 amide bonds. The van der Waals surface area contributed by atoms with Crippen molar-refractivity contribution in [1.82, 2.24) is 5.32 Å². The molecule has 0 bridgehead atoms. The van der Waals surface area contributed by atoms with Crippen LogP contribution in [0, 0.1) is 0 Å². The van der Waals surface area contributed by atoms with Crippen molar-refractivity contribution in [3.63, 3.8) is 0 Å². The van der Waals surface area contributed by atoms with E-state index in [1.165, 1.54) is 0 Å². The molecule has 0 aromatic carbocycles. The van der Waals surface area contributed by atoms with Crippen molar-refractivity contribution < 1.29 is 19.8 Å². The highest BCUT2D eigenvalue weighted by Gasteiger charge is 1.98. The van der Waals surface area contributed by atoms with Gasteiger partial charge in [-0.15, -0.1) is 0 Å². The summed E-state index contributed by atoms with van der Waals surface area (Å²) in [5, 5.41) is 18.5. The number of hydrogen-bond donors (Lipinski definition) is 3. The van der Waals surface area contributed by atoms with Crippen molar-refractivity contribution >= 4 is 11.8 Å². The number of ketones is 1. The van der Waals surface area contributed by atoms with E-state index in [-0.39, 0.29) is 6.23 Å². The quantitative estimate of drug-likeness (QED) is 0.366. The van der Waals surface area contributed by atoms with Crippen LogP contribution in [0.15, 0.2) is 0 Å². The first-order chi connectivity index (χ1) is 4.91. The number of aliphatic hydroxyl groups is 1. The summed E-state index contributed by atoms with van der Waals surface area (Å²) in [5.74, 6) is -2.20. The number of Topliss-reactive ketones (excluding diaryl/α,β-unsaturated/α-hetero) is 1. The maximum Gasteiger partial charge on any atom is 0.371 e. The highest BCUT2D eigenvalue weighted by molar-refractivity contribution is 6.31. The van der Waals surface area contributed by atoms with Crippen LogP contribution in [0.25, 0.3) is 0 Å². The molecule has 0 aromatic heterocycles. The Hall–Kier alpha value is -0.940. The summed E-state index contributed by atoms with van der Waals surface area (Å²) in [6.07, 6.45) is -0.366. The van der Waals surface area contributed by atoms with Gasteiger partial charge in [0.15, 0.2) is 0 Å². The molecule has 1 atom stereocenters. The second-order valence-electron chi connectivity index (χ2n) is 1.83. The van der Waals surface area contributed by atoms with E-state index in [0.29, 0.717) is 0 Å². The number of aliphatic hydroxyl groups excluding tert-OH is 1. The molecule has 0 aliphatic rings. The highest BCUT2D eigenvalue weighted by Crippen LogP contribution is 1.62. The number of hydrogen-bond acceptors (Lipinski definition) is 4. The van der Waals surface area contributed by atoms with Crippen LogP contribution >= 0.6 is 0 Å². The van der Waals surface area contributed by atoms with Gasteiger partial charge < -0.3 is 10.2 Å². The zero-order valence-electron chi connectivity index (χ0n) is 6.79. The van der Waals surface area contributed by atoms with Crippen LogP contribution in [-0.4, -0.2) is 35.2 Å². The van der Waals surface area contributed by atoms with Crippen molar-refractivity contribution in [3.8, 4) is 0 Å². The lowest BCUT2D eigenvalue weighted by Crippen LogP contribution is -2.19. The molecule has 0 aliphatic heterocycles. The maximum atomic E-state index is 9.54. The lowest BCUT2D eigenvalue weighted by atomic mass is 10.5. The van der Waals surface area contributed by atoms with E-state index in [4.69, 9.17) is 10.2 Å². The smallest absolute Gasteiger partial charge is 0.371 e. The number of carbonyl (C=O) groups excluding carboxylic acids is 1. The Morgan fingerprint density at radius 2 is 1.64 bits per heavy atom. The molecule has 5 heteroatoms. The minimum atomic E-state index is -1.38. The molecule has 0 aliphatic carbocycles. The van der Waals surface area contributed by atoms with E-state index < -0.39 is 11.8 Å². The van der Waals surface area contributed by atoms with Gasteiger partial charge in [0.2, 0.25) is 5.78 Å². The van der Waals surface area contributed by atoms with Crippen molar-refractivity contribution in [2.24, 2.45) is 0 Å². The summed E-state index contributed by atoms with van der Waals surface area (Å²) in [7, 11) is 1.70. The molecule has 0 heterocycles. The normalized spacial score (nSPS) is 10.9. The number of carbonyl (C=O) groups is 2. The monoisotopic (exact) mass is 163 g/mol. The number of carboxylic acid groups (broad SMARTS) is 1. The Bertz CT molecular complexity index is 121. The first-order valence-corrected chi connectivity index (χ1v) is 3.01. The lowest BCUT2D eigenvalue weighted by Gasteiger charge is -1.94. The predicted octanol–water partition coefficient (Wildman–Crippen LogP) is -0.796. The second-order valence-corrected chi connectivity index (χ2v) is 1.83. The Morgan fingerprint density at radius 1 is 1.45 bits per heavy atom. The number of carboxylic acids is 1. The second kappa shape index (κ2) is 7.17. The molecule has 0 radical (unpaired) electrons. The van der Waals surface area contributed by atoms with Gasteiger partial charge in [0.25, 0.3) is 0 Å². The van der Waals surface area contributed by atoms with Gasteiger partial charge in [-0.1, -0.05) is 0 Å². The van der Waals surface area contributed by atoms with Crippen LogP contribution in [0.2, 0.25) is 0 Å². The fourth-order valence-corrected chi connectivity index (χ4v) is 0. The minimum Gasteiger partial charge on any atom is -0.476 e. The lowest BCUT2D eigenvalue weighted by molar-refractivity contribution is -0.148. The minimum absolute atomic E-state index is 0.366. The van der Waals surface area contributed by atoms with Gasteiger partial charge >= 0.3 is 5.97 Å². The van der Waals surface area contributed by atoms with Crippen LogP contribution in [-0.2, 0) is 9.59 Å². The van der Waals surface area contributed by atoms with E-state index in [2.05, 4.69) is 5.32 Å². The predicted molar refractivity (Wildman–Crippen MR) is 39.1 cm³/mol. The standard InChI is InChI=1S/C3H9NO.C3H4O3/c1-3(5)4-2;1-2(4)3(5)6/h3-5H,1-2H3;1H3,(H,5,6). The fourth-order valence-electron chi connectivity index (χ4n) is 0. The van der Waals surface area contributed by atoms with Gasteiger partial charge in [0.1, 0.15) is 6.23 Å². The summed E-state index contributed by atoms with van der Waals surface area (Å²) in [5.41, 5.74) is 0. The SMILES string of the molecule is CC(=O)C(=O)O.CNC(C)O. The van der Waals surface area contributed by atoms with Gasteiger partial charge in [0, 0.05) is 6.92 Å². The number of rotatable bonds is 2. The first kappa shape index (κ1) is 12.7. The van der Waals surface area contributed by atoms with E-state index >= 15 is 0 Å². The molecule has 0 fully saturated rings. The van der Waals surface area contributed by atoms with Gasteiger partial charge in [-0.2, -0.15) is 0 Å². The molecule has 3 N–H and O–H groups in total. The molecular weight excluding hydrogens is 150 g/mol. The third-order valence-corrected chi connectivity index (χ3v) is 0.719. The van der Waals surface area contributed by atoms with E-state index in [1.54, 1.807) is 14.0 Å². The molecule has 0 saturated carbocycles. The third-order valence-electron chi connectivity index (χ3n) is 0.719. The Kier molecular flexibility index (Phi) is 8.29. The molecule has 11 heavy (non-hydrogen) atoms. The van der Waals surface area contributed by atoms with Crippen molar-refractivity contribution in [2.45, 2.75) is 20.1 Å². The van der Waals surface area contributed by atoms with Crippen LogP contribution in [0.4, 0.5) is 0 Å². The summed E-state index contributed by atoms with van der Waals surface area (Å²) in [6, 6.07) is 0. The summed E-state index contributed by atoms with van der Waals surface area (Å²) in [4.78, 5) is 18.9. The van der Waals surface area contributed by atoms with Gasteiger partial charge in [-0.05, 0) is 14.0 Å². The fraction of sp³-hybridized carbons (Fsp3) is 0.667. The summed E-state index contributed by atoms with van der Waals surface area (Å²) < 4.78 is 0. The number of nitrogens with one attached hydrogen (secondary N) is 1. The van der Waals surface area contributed by atoms with E-state index in [9.17, 15) is 9.59 Å². The zero-order valence-corrected chi connectivity index (χ0v) is 6.79. The average Bonchev–Trinajstić information content (AvgIpc) is 1.89. The summed E-state index contributed by atoms with van der Waals surface area (Å²) in [6.45, 7) is 2.67. The Morgan fingerprint density at radius 3 is 1.64 bits per heavy atom. The van der Waals surface area contributed by atoms with Crippen LogP contribution < -0.4 is 5.32 Å². The van der Waals surface area contributed by atoms with Gasteiger partial charge in [0.05, 0.1) is 0 Å². The zero-order chi connectivity index (χ0) is 9.44. The Labute approximate surface area is 65.0 Å². The number of aliphatic carboxylic acids is 1. The molecular formula is C6H13NO4. The summed E-state index contributed by atoms with van der Waals surface area (Å²) >= 11 is 0. The van der Waals surface area contributed by atoms with Crippen molar-refractivity contribution in [2.75, 3.05) is 7.05 Å². The van der Waals surface area contributed by atoms with Crippen molar-refractivity contribution in [1.29, 1.82) is 0 Å². The molecule has 0 rings (SSSR count). The van der Waals surface area contributed by atoms with E-state index in [0.717, 1.165) is 6.92 Å². The Balaban J connectivity index is 0. The topological polar surface area (TPSA) is 86.6 Å². The molecule has 0 spiro atoms. The molecule has 1 unspecified atom stereocenters. The first-order valence-electron chi connectivity index (χ1n) is 3.01. The van der Waals surface area contributed by atoms with Crippen LogP contribution in [0.5, 0.6) is 0 Å². The largest absolute Gasteiger partial charge is 0.476 e. The van der Waals surface area contributed by atoms with E-state index in [1.807, 2.05) is 0 Å². The highest BCUT2D eigenvalue weighted by atomic mass is 16.4. The molecule has 66 valence electrons. The average molecular weight is 163 g/mol.